The highest BCUT2D eigenvalue weighted by Gasteiger charge is 1.90. The van der Waals surface area contributed by atoms with Crippen LogP contribution in [0.25, 0.3) is 5.57 Å². The van der Waals surface area contributed by atoms with E-state index in [4.69, 9.17) is 0 Å². The van der Waals surface area contributed by atoms with Gasteiger partial charge in [0.15, 0.2) is 0 Å². The van der Waals surface area contributed by atoms with Crippen LogP contribution in [0.5, 0.6) is 0 Å². The van der Waals surface area contributed by atoms with Gasteiger partial charge in [0, 0.05) is 0 Å². The van der Waals surface area contributed by atoms with Gasteiger partial charge in [0.1, 0.15) is 6.29 Å². The van der Waals surface area contributed by atoms with Gasteiger partial charge < -0.3 is 0 Å². The van der Waals surface area contributed by atoms with Crippen molar-refractivity contribution in [3.63, 3.8) is 0 Å². The maximum absolute atomic E-state index is 9.98. The van der Waals surface area contributed by atoms with E-state index in [-0.39, 0.29) is 0 Å². The van der Waals surface area contributed by atoms with Crippen molar-refractivity contribution in [1.29, 1.82) is 0 Å². The number of hydrogen-bond donors (Lipinski definition) is 0. The fourth-order valence-electron chi connectivity index (χ4n) is 1.03. The molecule has 14 heavy (non-hydrogen) atoms. The van der Waals surface area contributed by atoms with Gasteiger partial charge in [-0.05, 0) is 17.2 Å². The molecule has 0 aliphatic rings. The third-order valence-electron chi connectivity index (χ3n) is 1.74. The second kappa shape index (κ2) is 5.70. The second-order valence-electron chi connectivity index (χ2n) is 2.77. The van der Waals surface area contributed by atoms with E-state index >= 15 is 0 Å². The van der Waals surface area contributed by atoms with Crippen LogP contribution in [0.2, 0.25) is 0 Å². The lowest BCUT2D eigenvalue weighted by molar-refractivity contribution is -0.104. The molecule has 0 N–H and O–H groups in total. The van der Waals surface area contributed by atoms with Gasteiger partial charge in [0.25, 0.3) is 0 Å². The maximum Gasteiger partial charge on any atom is 0.142 e. The Morgan fingerprint density at radius 2 is 1.79 bits per heavy atom. The van der Waals surface area contributed by atoms with Gasteiger partial charge in [-0.1, -0.05) is 55.1 Å². The van der Waals surface area contributed by atoms with E-state index in [0.29, 0.717) is 0 Å². The first-order valence-corrected chi connectivity index (χ1v) is 4.37. The van der Waals surface area contributed by atoms with Crippen LogP contribution in [0.15, 0.2) is 61.2 Å². The van der Waals surface area contributed by atoms with E-state index in [0.717, 1.165) is 17.4 Å². The fourth-order valence-corrected chi connectivity index (χ4v) is 1.03. The maximum atomic E-state index is 9.98. The zero-order valence-corrected chi connectivity index (χ0v) is 7.89. The summed E-state index contributed by atoms with van der Waals surface area (Å²) in [6, 6.07) is 9.89. The number of carbonyl (C=O) groups is 1. The average Bonchev–Trinajstić information content (AvgIpc) is 2.25. The topological polar surface area (TPSA) is 17.1 Å². The van der Waals surface area contributed by atoms with E-state index in [1.165, 1.54) is 6.08 Å². The lowest BCUT2D eigenvalue weighted by Crippen LogP contribution is -1.75. The van der Waals surface area contributed by atoms with Gasteiger partial charge in [-0.25, -0.2) is 0 Å². The number of rotatable bonds is 4. The van der Waals surface area contributed by atoms with Crippen LogP contribution in [-0.4, -0.2) is 6.29 Å². The summed E-state index contributed by atoms with van der Waals surface area (Å²) in [5.74, 6) is 0. The molecule has 0 heterocycles. The Morgan fingerprint density at radius 1 is 1.07 bits per heavy atom. The minimum atomic E-state index is 0.746. The summed E-state index contributed by atoms with van der Waals surface area (Å²) in [5, 5.41) is 0. The molecule has 1 rings (SSSR count). The summed E-state index contributed by atoms with van der Waals surface area (Å²) in [6.45, 7) is 3.91. The van der Waals surface area contributed by atoms with Gasteiger partial charge in [-0.2, -0.15) is 0 Å². The summed E-state index contributed by atoms with van der Waals surface area (Å²) in [5.41, 5.74) is 2.02. The Kier molecular flexibility index (Phi) is 4.15. The molecule has 0 aromatic heterocycles. The molecule has 0 spiro atoms. The lowest BCUT2D eigenvalue weighted by atomic mass is 10.1. The van der Waals surface area contributed by atoms with Crippen LogP contribution in [-0.2, 0) is 4.79 Å². The number of carbonyl (C=O) groups excluding carboxylic acids is 1. The molecule has 1 aromatic rings. The van der Waals surface area contributed by atoms with Crippen molar-refractivity contribution in [2.45, 2.75) is 0 Å². The SMILES string of the molecule is C=C(C=CC=CC=O)c1ccccc1. The third kappa shape index (κ3) is 3.23. The van der Waals surface area contributed by atoms with Crippen LogP contribution in [0.3, 0.4) is 0 Å². The van der Waals surface area contributed by atoms with Crippen molar-refractivity contribution in [2.75, 3.05) is 0 Å². The number of allylic oxidation sites excluding steroid dienone is 5. The Labute approximate surface area is 84.1 Å². The fraction of sp³-hybridized carbons (Fsp3) is 0. The van der Waals surface area contributed by atoms with Gasteiger partial charge in [-0.15, -0.1) is 0 Å². The standard InChI is InChI=1S/C13H12O/c1-12(8-4-3-7-11-14)13-9-5-2-6-10-13/h2-11H,1H2. The van der Waals surface area contributed by atoms with Crippen molar-refractivity contribution in [3.05, 3.63) is 66.8 Å². The summed E-state index contributed by atoms with van der Waals surface area (Å²) in [6.07, 6.45) is 7.53. The molecule has 0 radical (unpaired) electrons. The van der Waals surface area contributed by atoms with E-state index < -0.39 is 0 Å². The first kappa shape index (κ1) is 10.2. The molecule has 0 saturated heterocycles. The molecule has 0 bridgehead atoms. The summed E-state index contributed by atoms with van der Waals surface area (Å²) >= 11 is 0. The highest BCUT2D eigenvalue weighted by Crippen LogP contribution is 2.12. The van der Waals surface area contributed by atoms with Crippen LogP contribution in [0.1, 0.15) is 5.56 Å². The minimum absolute atomic E-state index is 0.746. The van der Waals surface area contributed by atoms with E-state index in [1.807, 2.05) is 36.4 Å². The Hall–Kier alpha value is -1.89. The first-order valence-electron chi connectivity index (χ1n) is 4.37. The molecule has 0 atom stereocenters. The van der Waals surface area contributed by atoms with E-state index in [9.17, 15) is 4.79 Å². The molecule has 1 heteroatoms. The molecular weight excluding hydrogens is 172 g/mol. The first-order chi connectivity index (χ1) is 6.84. The smallest absolute Gasteiger partial charge is 0.142 e. The Balaban J connectivity index is 2.64. The van der Waals surface area contributed by atoms with Crippen molar-refractivity contribution >= 4 is 11.9 Å². The average molecular weight is 184 g/mol. The molecule has 0 aliphatic carbocycles. The highest BCUT2D eigenvalue weighted by atomic mass is 16.1. The number of benzene rings is 1. The lowest BCUT2D eigenvalue weighted by Gasteiger charge is -1.97. The second-order valence-corrected chi connectivity index (χ2v) is 2.77. The molecule has 0 unspecified atom stereocenters. The van der Waals surface area contributed by atoms with Crippen molar-refractivity contribution in [3.8, 4) is 0 Å². The van der Waals surface area contributed by atoms with Crippen LogP contribution < -0.4 is 0 Å². The molecule has 70 valence electrons. The van der Waals surface area contributed by atoms with Crippen LogP contribution in [0, 0.1) is 0 Å². The number of hydrogen-bond acceptors (Lipinski definition) is 1. The van der Waals surface area contributed by atoms with E-state index in [2.05, 4.69) is 6.58 Å². The summed E-state index contributed by atoms with van der Waals surface area (Å²) in [4.78, 5) is 9.98. The molecule has 0 amide bonds. The normalized spacial score (nSPS) is 10.9. The third-order valence-corrected chi connectivity index (χ3v) is 1.74. The zero-order chi connectivity index (χ0) is 10.2. The van der Waals surface area contributed by atoms with Crippen molar-refractivity contribution in [2.24, 2.45) is 0 Å². The summed E-state index contributed by atoms with van der Waals surface area (Å²) < 4.78 is 0. The number of aldehydes is 1. The largest absolute Gasteiger partial charge is 0.299 e. The van der Waals surface area contributed by atoms with Crippen molar-refractivity contribution in [1.82, 2.24) is 0 Å². The van der Waals surface area contributed by atoms with Gasteiger partial charge >= 0.3 is 0 Å². The molecular formula is C13H12O. The Bertz CT molecular complexity index is 358. The monoisotopic (exact) mass is 184 g/mol. The minimum Gasteiger partial charge on any atom is -0.299 e. The zero-order valence-electron chi connectivity index (χ0n) is 7.89. The molecule has 0 fully saturated rings. The molecule has 1 aromatic carbocycles. The van der Waals surface area contributed by atoms with Crippen LogP contribution in [0.4, 0.5) is 0 Å². The highest BCUT2D eigenvalue weighted by molar-refractivity contribution is 5.72. The van der Waals surface area contributed by atoms with Crippen LogP contribution >= 0.6 is 0 Å². The van der Waals surface area contributed by atoms with E-state index in [1.54, 1.807) is 12.2 Å². The van der Waals surface area contributed by atoms with Crippen molar-refractivity contribution < 1.29 is 4.79 Å². The van der Waals surface area contributed by atoms with Gasteiger partial charge in [0.2, 0.25) is 0 Å². The predicted molar refractivity (Wildman–Crippen MR) is 59.8 cm³/mol. The quantitative estimate of drug-likeness (QED) is 0.399. The molecule has 0 saturated carbocycles. The predicted octanol–water partition coefficient (Wildman–Crippen LogP) is 3.01. The molecule has 0 aliphatic heterocycles. The summed E-state index contributed by atoms with van der Waals surface area (Å²) in [7, 11) is 0. The van der Waals surface area contributed by atoms with Gasteiger partial charge in [0.05, 0.1) is 0 Å². The van der Waals surface area contributed by atoms with Gasteiger partial charge in [-0.3, -0.25) is 4.79 Å². The Morgan fingerprint density at radius 3 is 2.43 bits per heavy atom. The molecule has 1 nitrogen and oxygen atoms in total.